The van der Waals surface area contributed by atoms with Crippen LogP contribution < -0.4 is 10.6 Å². The summed E-state index contributed by atoms with van der Waals surface area (Å²) in [6.45, 7) is 10.9. The number of anilines is 2. The van der Waals surface area contributed by atoms with E-state index in [1.807, 2.05) is 32.9 Å². The topological polar surface area (TPSA) is 141 Å². The van der Waals surface area contributed by atoms with Gasteiger partial charge in [0.05, 0.1) is 32.2 Å². The van der Waals surface area contributed by atoms with Crippen LogP contribution in [-0.2, 0) is 14.9 Å². The molecule has 0 radical (unpaired) electrons. The summed E-state index contributed by atoms with van der Waals surface area (Å²) in [6.07, 6.45) is 5.36. The van der Waals surface area contributed by atoms with Crippen LogP contribution in [0.4, 0.5) is 16.3 Å². The minimum atomic E-state index is -0.420. The third-order valence-electron chi connectivity index (χ3n) is 5.98. The highest BCUT2D eigenvalue weighted by atomic mass is 16.5. The average Bonchev–Trinajstić information content (AvgIpc) is 3.60. The second-order valence-electron chi connectivity index (χ2n) is 10.3. The first kappa shape index (κ1) is 28.6. The fraction of sp³-hybridized carbons (Fsp3) is 0.379. The van der Waals surface area contributed by atoms with Crippen LogP contribution in [0.3, 0.4) is 0 Å². The lowest BCUT2D eigenvalue weighted by Gasteiger charge is -2.26. The first-order valence-corrected chi connectivity index (χ1v) is 13.2. The van der Waals surface area contributed by atoms with Crippen LogP contribution in [-0.4, -0.2) is 71.7 Å². The maximum Gasteiger partial charge on any atom is 0.324 e. The molecule has 3 heterocycles. The molecule has 11 heteroatoms. The number of morpholine rings is 1. The molecular weight excluding hydrogens is 510 g/mol. The summed E-state index contributed by atoms with van der Waals surface area (Å²) in [6, 6.07) is 8.44. The van der Waals surface area contributed by atoms with Gasteiger partial charge in [-0.3, -0.25) is 10.2 Å². The van der Waals surface area contributed by atoms with Crippen LogP contribution >= 0.6 is 0 Å². The highest BCUT2D eigenvalue weighted by molar-refractivity contribution is 5.99. The Hall–Kier alpha value is -4.40. The number of H-pyrrole nitrogens is 1. The molecule has 0 bridgehead atoms. The number of ether oxygens (including phenoxy) is 2. The van der Waals surface area contributed by atoms with Gasteiger partial charge < -0.3 is 29.7 Å². The molecule has 3 aromatic rings. The van der Waals surface area contributed by atoms with Crippen LogP contribution in [0.5, 0.6) is 0 Å². The van der Waals surface area contributed by atoms with Crippen molar-refractivity contribution in [3.8, 4) is 11.8 Å². The van der Waals surface area contributed by atoms with Crippen LogP contribution in [0.2, 0.25) is 0 Å². The van der Waals surface area contributed by atoms with E-state index in [1.165, 1.54) is 6.21 Å². The van der Waals surface area contributed by atoms with Gasteiger partial charge in [-0.15, -0.1) is 0 Å². The van der Waals surface area contributed by atoms with Gasteiger partial charge in [0.15, 0.2) is 5.82 Å². The number of benzene rings is 1. The molecule has 0 aliphatic carbocycles. The molecule has 4 rings (SSSR count). The number of rotatable bonds is 9. The van der Waals surface area contributed by atoms with Crippen molar-refractivity contribution in [1.29, 1.82) is 5.41 Å². The number of imidazole rings is 1. The van der Waals surface area contributed by atoms with Gasteiger partial charge in [-0.25, -0.2) is 9.78 Å². The summed E-state index contributed by atoms with van der Waals surface area (Å²) in [5.74, 6) is 8.13. The van der Waals surface area contributed by atoms with E-state index in [-0.39, 0.29) is 5.41 Å². The van der Waals surface area contributed by atoms with Crippen molar-refractivity contribution in [3.05, 3.63) is 65.1 Å². The Morgan fingerprint density at radius 1 is 1.20 bits per heavy atom. The minimum Gasteiger partial charge on any atom is -0.492 e. The van der Waals surface area contributed by atoms with E-state index in [9.17, 15) is 4.79 Å². The van der Waals surface area contributed by atoms with Gasteiger partial charge in [0, 0.05) is 48.4 Å². The number of aromatic amines is 1. The van der Waals surface area contributed by atoms with Crippen molar-refractivity contribution in [2.24, 2.45) is 0 Å². The molecular formula is C29H35N7O4. The number of nitrogens with zero attached hydrogens (tertiary/aromatic N) is 3. The number of urea groups is 1. The monoisotopic (exact) mass is 545 g/mol. The maximum absolute atomic E-state index is 12.3. The Kier molecular flexibility index (Phi) is 9.72. The molecule has 2 amide bonds. The zero-order valence-corrected chi connectivity index (χ0v) is 23.0. The summed E-state index contributed by atoms with van der Waals surface area (Å²) < 4.78 is 16.4. The van der Waals surface area contributed by atoms with Crippen LogP contribution in [0.1, 0.15) is 50.0 Å². The summed E-state index contributed by atoms with van der Waals surface area (Å²) in [7, 11) is 0. The highest BCUT2D eigenvalue weighted by Gasteiger charge is 2.20. The molecule has 40 heavy (non-hydrogen) atoms. The largest absolute Gasteiger partial charge is 0.492 e. The van der Waals surface area contributed by atoms with Crippen LogP contribution in [0.25, 0.3) is 6.08 Å². The Morgan fingerprint density at radius 3 is 2.67 bits per heavy atom. The van der Waals surface area contributed by atoms with E-state index in [4.69, 9.17) is 19.4 Å². The Labute approximate surface area is 233 Å². The number of allylic oxidation sites excluding steroid dienone is 1. The lowest BCUT2D eigenvalue weighted by atomic mass is 9.93. The van der Waals surface area contributed by atoms with E-state index < -0.39 is 6.03 Å². The minimum absolute atomic E-state index is 0.199. The molecule has 4 N–H and O–H groups in total. The van der Waals surface area contributed by atoms with E-state index in [2.05, 4.69) is 42.5 Å². The molecule has 2 aromatic heterocycles. The number of nitrogens with one attached hydrogen (secondary N) is 4. The maximum atomic E-state index is 12.3. The molecule has 1 aliphatic rings. The average molecular weight is 546 g/mol. The number of carbonyl (C=O) groups excluding carboxylic acids is 1. The Bertz CT molecular complexity index is 1370. The second-order valence-corrected chi connectivity index (χ2v) is 10.3. The van der Waals surface area contributed by atoms with Gasteiger partial charge in [-0.1, -0.05) is 31.8 Å². The quantitative estimate of drug-likeness (QED) is 0.135. The van der Waals surface area contributed by atoms with Crippen molar-refractivity contribution in [2.75, 3.05) is 50.1 Å². The van der Waals surface area contributed by atoms with E-state index in [1.54, 1.807) is 30.5 Å². The first-order valence-electron chi connectivity index (χ1n) is 13.2. The summed E-state index contributed by atoms with van der Waals surface area (Å²) in [4.78, 5) is 22.1. The molecule has 0 atom stereocenters. The van der Waals surface area contributed by atoms with Crippen molar-refractivity contribution < 1.29 is 18.8 Å². The molecule has 0 saturated carbocycles. The Morgan fingerprint density at radius 2 is 1.98 bits per heavy atom. The number of aromatic nitrogens is 3. The third kappa shape index (κ3) is 8.83. The summed E-state index contributed by atoms with van der Waals surface area (Å²) in [5, 5.41) is 16.9. The fourth-order valence-electron chi connectivity index (χ4n) is 3.78. The zero-order valence-electron chi connectivity index (χ0n) is 23.0. The number of carbonyl (C=O) groups is 1. The lowest BCUT2D eigenvalue weighted by molar-refractivity contribution is 0.0347. The van der Waals surface area contributed by atoms with E-state index >= 15 is 0 Å². The number of hydrogen-bond acceptors (Lipinski definition) is 8. The first-order chi connectivity index (χ1) is 19.3. The molecule has 0 unspecified atom stereocenters. The van der Waals surface area contributed by atoms with Crippen molar-refractivity contribution in [1.82, 2.24) is 20.0 Å². The smallest absolute Gasteiger partial charge is 0.324 e. The van der Waals surface area contributed by atoms with Crippen molar-refractivity contribution in [3.63, 3.8) is 0 Å². The van der Waals surface area contributed by atoms with Crippen molar-refractivity contribution in [2.45, 2.75) is 32.6 Å². The van der Waals surface area contributed by atoms with Gasteiger partial charge >= 0.3 is 6.03 Å². The standard InChI is InChI=1S/C29H35N7O4/c1-29(2,3)25-18-27(35-40-25)34-28(37)33-22-8-5-21(6-9-22)7-10-23-20-31-26(32-23)17-24(19-30)39-14-4-11-36-12-15-38-16-13-36/h5-6,8-9,17-20,30H,4,11-16H2,1-3H3,(H,31,32)(H2,33,34,35,37)/b24-17+,30-19?. The van der Waals surface area contributed by atoms with E-state index in [0.29, 0.717) is 41.1 Å². The molecule has 11 nitrogen and oxygen atoms in total. The van der Waals surface area contributed by atoms with Crippen molar-refractivity contribution >= 4 is 29.8 Å². The lowest BCUT2D eigenvalue weighted by Crippen LogP contribution is -2.37. The molecule has 0 spiro atoms. The molecule has 210 valence electrons. The SMILES string of the molecule is CC(C)(C)c1cc(NC(=O)Nc2ccc(C#Cc3cnc(/C=C(\C=N)OCCCN4CCOCC4)[nH]3)cc2)no1. The molecule has 1 aromatic carbocycles. The molecule has 1 aliphatic heterocycles. The van der Waals surface area contributed by atoms with Gasteiger partial charge in [0.25, 0.3) is 0 Å². The summed E-state index contributed by atoms with van der Waals surface area (Å²) >= 11 is 0. The van der Waals surface area contributed by atoms with Gasteiger partial charge in [-0.05, 0) is 36.6 Å². The van der Waals surface area contributed by atoms with Gasteiger partial charge in [0.1, 0.15) is 23.0 Å². The Balaban J connectivity index is 1.25. The van der Waals surface area contributed by atoms with Crippen LogP contribution in [0, 0.1) is 17.3 Å². The zero-order chi connectivity index (χ0) is 28.4. The predicted octanol–water partition coefficient (Wildman–Crippen LogP) is 4.47. The van der Waals surface area contributed by atoms with Gasteiger partial charge in [0.2, 0.25) is 0 Å². The summed E-state index contributed by atoms with van der Waals surface area (Å²) in [5.41, 5.74) is 1.82. The molecule has 1 saturated heterocycles. The predicted molar refractivity (Wildman–Crippen MR) is 153 cm³/mol. The second kappa shape index (κ2) is 13.6. The molecule has 1 fully saturated rings. The third-order valence-corrected chi connectivity index (χ3v) is 5.98. The van der Waals surface area contributed by atoms with Crippen LogP contribution in [0.15, 0.2) is 46.8 Å². The fourth-order valence-corrected chi connectivity index (χ4v) is 3.78. The normalized spacial score (nSPS) is 14.2. The number of amides is 2. The highest BCUT2D eigenvalue weighted by Crippen LogP contribution is 2.24. The number of hydrogen-bond donors (Lipinski definition) is 4. The van der Waals surface area contributed by atoms with E-state index in [0.717, 1.165) is 44.8 Å². The van der Waals surface area contributed by atoms with Gasteiger partial charge in [-0.2, -0.15) is 0 Å².